The smallest absolute Gasteiger partial charge is 0.336 e. The van der Waals surface area contributed by atoms with Gasteiger partial charge < -0.3 is 15.1 Å². The number of aliphatic hydroxyl groups is 1. The number of hydrogen-bond acceptors (Lipinski definition) is 3. The molecule has 0 heterocycles. The number of carboxylic acid groups (broad SMARTS) is 1. The number of hydrogen-bond donors (Lipinski definition) is 2. The summed E-state index contributed by atoms with van der Waals surface area (Å²) < 4.78 is 50.9. The summed E-state index contributed by atoms with van der Waals surface area (Å²) in [5.41, 5.74) is -1.62. The first kappa shape index (κ1) is 16.9. The summed E-state index contributed by atoms with van der Waals surface area (Å²) in [5, 5.41) is 17.6. The summed E-state index contributed by atoms with van der Waals surface area (Å²) in [6.45, 7) is -2.22. The SMILES string of the molecule is O=C(O)c1cc(F)c(F)cc1C(=O)N(CCO)CC(F)F. The summed E-state index contributed by atoms with van der Waals surface area (Å²) in [6, 6.07) is 0.626. The third-order valence-electron chi connectivity index (χ3n) is 2.54. The quantitative estimate of drug-likeness (QED) is 0.778. The fraction of sp³-hybridized carbons (Fsp3) is 0.333. The zero-order valence-electron chi connectivity index (χ0n) is 10.5. The molecule has 0 saturated heterocycles. The van der Waals surface area contributed by atoms with E-state index in [0.29, 0.717) is 17.0 Å². The second-order valence-corrected chi connectivity index (χ2v) is 3.98. The number of carbonyl (C=O) groups is 2. The molecule has 1 amide bonds. The van der Waals surface area contributed by atoms with Crippen molar-refractivity contribution >= 4 is 11.9 Å². The highest BCUT2D eigenvalue weighted by molar-refractivity contribution is 6.04. The maximum Gasteiger partial charge on any atom is 0.336 e. The standard InChI is InChI=1S/C12H11F4NO4/c13-8-3-6(7(12(20)21)4-9(8)14)11(19)17(1-2-18)5-10(15)16/h3-4,10,18H,1-2,5H2,(H,20,21). The van der Waals surface area contributed by atoms with Crippen LogP contribution in [0.2, 0.25) is 0 Å². The van der Waals surface area contributed by atoms with Crippen molar-refractivity contribution < 1.29 is 37.4 Å². The first-order valence-electron chi connectivity index (χ1n) is 5.68. The van der Waals surface area contributed by atoms with Crippen LogP contribution >= 0.6 is 0 Å². The highest BCUT2D eigenvalue weighted by atomic mass is 19.3. The van der Waals surface area contributed by atoms with Crippen LogP contribution in [0.3, 0.4) is 0 Å². The van der Waals surface area contributed by atoms with Crippen molar-refractivity contribution in [2.24, 2.45) is 0 Å². The van der Waals surface area contributed by atoms with Crippen LogP contribution in [0.5, 0.6) is 0 Å². The van der Waals surface area contributed by atoms with Crippen molar-refractivity contribution in [2.75, 3.05) is 19.7 Å². The Kier molecular flexibility index (Phi) is 5.65. The molecule has 0 saturated carbocycles. The lowest BCUT2D eigenvalue weighted by Crippen LogP contribution is -2.38. The lowest BCUT2D eigenvalue weighted by atomic mass is 10.1. The van der Waals surface area contributed by atoms with Crippen molar-refractivity contribution in [1.82, 2.24) is 4.90 Å². The van der Waals surface area contributed by atoms with Gasteiger partial charge >= 0.3 is 5.97 Å². The molecule has 9 heteroatoms. The minimum Gasteiger partial charge on any atom is -0.478 e. The zero-order valence-corrected chi connectivity index (χ0v) is 10.5. The molecule has 1 aromatic carbocycles. The molecule has 2 N–H and O–H groups in total. The molecule has 0 fully saturated rings. The van der Waals surface area contributed by atoms with Gasteiger partial charge in [-0.25, -0.2) is 22.4 Å². The number of halogens is 4. The lowest BCUT2D eigenvalue weighted by Gasteiger charge is -2.22. The number of rotatable bonds is 6. The van der Waals surface area contributed by atoms with E-state index in [9.17, 15) is 27.2 Å². The number of carboxylic acids is 1. The first-order chi connectivity index (χ1) is 9.77. The molecule has 1 rings (SSSR count). The number of aliphatic hydroxyl groups excluding tert-OH is 1. The molecule has 116 valence electrons. The fourth-order valence-electron chi connectivity index (χ4n) is 1.63. The highest BCUT2D eigenvalue weighted by Gasteiger charge is 2.26. The van der Waals surface area contributed by atoms with Gasteiger partial charge in [0.15, 0.2) is 11.6 Å². The van der Waals surface area contributed by atoms with Crippen LogP contribution in [0.25, 0.3) is 0 Å². The van der Waals surface area contributed by atoms with E-state index in [1.165, 1.54) is 0 Å². The highest BCUT2D eigenvalue weighted by Crippen LogP contribution is 2.18. The largest absolute Gasteiger partial charge is 0.478 e. The number of benzene rings is 1. The Bertz CT molecular complexity index is 550. The van der Waals surface area contributed by atoms with Crippen LogP contribution in [0.1, 0.15) is 20.7 Å². The summed E-state index contributed by atoms with van der Waals surface area (Å²) in [5.74, 6) is -5.91. The number of alkyl halides is 2. The van der Waals surface area contributed by atoms with E-state index in [1.807, 2.05) is 0 Å². The maximum atomic E-state index is 13.2. The summed E-state index contributed by atoms with van der Waals surface area (Å²) in [6.07, 6.45) is -2.93. The van der Waals surface area contributed by atoms with Gasteiger partial charge in [-0.1, -0.05) is 0 Å². The number of nitrogens with zero attached hydrogens (tertiary/aromatic N) is 1. The van der Waals surface area contributed by atoms with E-state index in [0.717, 1.165) is 0 Å². The van der Waals surface area contributed by atoms with Crippen LogP contribution in [-0.4, -0.2) is 53.1 Å². The molecular formula is C12H11F4NO4. The van der Waals surface area contributed by atoms with Gasteiger partial charge in [-0.3, -0.25) is 4.79 Å². The van der Waals surface area contributed by atoms with Gasteiger partial charge in [0.2, 0.25) is 0 Å². The van der Waals surface area contributed by atoms with Crippen molar-refractivity contribution in [1.29, 1.82) is 0 Å². The van der Waals surface area contributed by atoms with Crippen LogP contribution in [0.15, 0.2) is 12.1 Å². The Labute approximate surface area is 116 Å². The van der Waals surface area contributed by atoms with Crippen LogP contribution in [0.4, 0.5) is 17.6 Å². The van der Waals surface area contributed by atoms with Gasteiger partial charge in [0.25, 0.3) is 12.3 Å². The van der Waals surface area contributed by atoms with Crippen molar-refractivity contribution in [2.45, 2.75) is 6.43 Å². The average Bonchev–Trinajstić information content (AvgIpc) is 2.39. The minimum atomic E-state index is -2.93. The molecule has 5 nitrogen and oxygen atoms in total. The molecule has 0 radical (unpaired) electrons. The molecule has 0 bridgehead atoms. The first-order valence-corrected chi connectivity index (χ1v) is 5.68. The third-order valence-corrected chi connectivity index (χ3v) is 2.54. The summed E-state index contributed by atoms with van der Waals surface area (Å²) in [4.78, 5) is 23.4. The zero-order chi connectivity index (χ0) is 16.2. The average molecular weight is 309 g/mol. The van der Waals surface area contributed by atoms with Gasteiger partial charge in [-0.05, 0) is 12.1 Å². The van der Waals surface area contributed by atoms with Crippen molar-refractivity contribution in [3.05, 3.63) is 34.9 Å². The number of aromatic carboxylic acids is 1. The molecular weight excluding hydrogens is 298 g/mol. The summed E-state index contributed by atoms with van der Waals surface area (Å²) in [7, 11) is 0. The normalized spacial score (nSPS) is 10.8. The molecule has 0 aliphatic heterocycles. The van der Waals surface area contributed by atoms with Gasteiger partial charge in [0, 0.05) is 6.54 Å². The van der Waals surface area contributed by atoms with Crippen LogP contribution in [0, 0.1) is 11.6 Å². The number of amides is 1. The fourth-order valence-corrected chi connectivity index (χ4v) is 1.63. The predicted molar refractivity (Wildman–Crippen MR) is 62.3 cm³/mol. The molecule has 0 aliphatic carbocycles. The minimum absolute atomic E-state index is 0.296. The summed E-state index contributed by atoms with van der Waals surface area (Å²) >= 11 is 0. The second-order valence-electron chi connectivity index (χ2n) is 3.98. The van der Waals surface area contributed by atoms with Gasteiger partial charge in [-0.15, -0.1) is 0 Å². The van der Waals surface area contributed by atoms with E-state index >= 15 is 0 Å². The molecule has 1 aromatic rings. The number of carbonyl (C=O) groups excluding carboxylic acids is 1. The lowest BCUT2D eigenvalue weighted by molar-refractivity contribution is 0.0503. The van der Waals surface area contributed by atoms with Gasteiger partial charge in [0.1, 0.15) is 0 Å². The Morgan fingerprint density at radius 1 is 1.14 bits per heavy atom. The van der Waals surface area contributed by atoms with E-state index in [-0.39, 0.29) is 0 Å². The monoisotopic (exact) mass is 309 g/mol. The molecule has 0 unspecified atom stereocenters. The van der Waals surface area contributed by atoms with Gasteiger partial charge in [-0.2, -0.15) is 0 Å². The molecule has 0 spiro atoms. The van der Waals surface area contributed by atoms with Gasteiger partial charge in [0.05, 0.1) is 24.3 Å². The van der Waals surface area contributed by atoms with E-state index in [4.69, 9.17) is 10.2 Å². The van der Waals surface area contributed by atoms with Crippen molar-refractivity contribution in [3.8, 4) is 0 Å². The van der Waals surface area contributed by atoms with E-state index in [2.05, 4.69) is 0 Å². The van der Waals surface area contributed by atoms with Crippen molar-refractivity contribution in [3.63, 3.8) is 0 Å². The van der Waals surface area contributed by atoms with Crippen LogP contribution in [-0.2, 0) is 0 Å². The predicted octanol–water partition coefficient (Wildman–Crippen LogP) is 1.36. The van der Waals surface area contributed by atoms with E-state index in [1.54, 1.807) is 0 Å². The van der Waals surface area contributed by atoms with Crippen LogP contribution < -0.4 is 0 Å². The van der Waals surface area contributed by atoms with E-state index < -0.39 is 60.8 Å². The topological polar surface area (TPSA) is 77.8 Å². The second kappa shape index (κ2) is 7.02. The third kappa shape index (κ3) is 4.15. The maximum absolute atomic E-state index is 13.2. The Morgan fingerprint density at radius 3 is 2.10 bits per heavy atom. The molecule has 21 heavy (non-hydrogen) atoms. The Hall–Kier alpha value is -2.16. The Morgan fingerprint density at radius 2 is 1.67 bits per heavy atom. The molecule has 0 aliphatic rings. The molecule has 0 atom stereocenters. The molecule has 0 aromatic heterocycles. The Balaban J connectivity index is 3.25.